The van der Waals surface area contributed by atoms with Crippen LogP contribution in [0.1, 0.15) is 141 Å². The van der Waals surface area contributed by atoms with Gasteiger partial charge in [0.1, 0.15) is 0 Å². The van der Waals surface area contributed by atoms with Crippen LogP contribution >= 0.6 is 11.6 Å². The highest BCUT2D eigenvalue weighted by atomic mass is 35.5. The second-order valence-electron chi connectivity index (χ2n) is 9.63. The monoisotopic (exact) mass is 463 g/mol. The number of hydrogen-bond donors (Lipinski definition) is 1. The van der Waals surface area contributed by atoms with E-state index in [1.165, 1.54) is 109 Å². The lowest BCUT2D eigenvalue weighted by Crippen LogP contribution is -2.11. The number of carbonyl (C=O) groups is 1. The fourth-order valence-corrected chi connectivity index (χ4v) is 4.44. The molecule has 0 atom stereocenters. The second kappa shape index (κ2) is 20.6. The molecule has 1 rings (SSSR count). The van der Waals surface area contributed by atoms with Gasteiger partial charge in [-0.3, -0.25) is 4.79 Å². The molecule has 0 saturated heterocycles. The highest BCUT2D eigenvalue weighted by Crippen LogP contribution is 2.20. The maximum Gasteiger partial charge on any atom is 0.224 e. The first-order valence-corrected chi connectivity index (χ1v) is 14.1. The van der Waals surface area contributed by atoms with Gasteiger partial charge in [-0.15, -0.1) is 0 Å². The van der Waals surface area contributed by atoms with Crippen LogP contribution in [-0.4, -0.2) is 5.91 Å². The van der Waals surface area contributed by atoms with E-state index in [0.29, 0.717) is 11.4 Å². The SMILES string of the molecule is CCCCCCCCCCCCCCCCCCCCCC(=O)Nc1ccc(C)c(Cl)c1. The first-order valence-electron chi connectivity index (χ1n) is 13.7. The van der Waals surface area contributed by atoms with Crippen molar-refractivity contribution in [3.8, 4) is 0 Å². The van der Waals surface area contributed by atoms with Gasteiger partial charge in [-0.2, -0.15) is 0 Å². The van der Waals surface area contributed by atoms with E-state index in [1.807, 2.05) is 25.1 Å². The number of unbranched alkanes of at least 4 members (excludes halogenated alkanes) is 18. The van der Waals surface area contributed by atoms with Crippen molar-refractivity contribution in [2.45, 2.75) is 142 Å². The zero-order chi connectivity index (χ0) is 23.3. The predicted octanol–water partition coefficient (Wildman–Crippen LogP) is 10.4. The highest BCUT2D eigenvalue weighted by molar-refractivity contribution is 6.31. The summed E-state index contributed by atoms with van der Waals surface area (Å²) in [6, 6.07) is 5.68. The van der Waals surface area contributed by atoms with Gasteiger partial charge in [0, 0.05) is 17.1 Å². The summed E-state index contributed by atoms with van der Waals surface area (Å²) in [6.07, 6.45) is 26.6. The number of anilines is 1. The number of amides is 1. The van der Waals surface area contributed by atoms with E-state index < -0.39 is 0 Å². The molecular weight excluding hydrogens is 414 g/mol. The van der Waals surface area contributed by atoms with Crippen molar-refractivity contribution < 1.29 is 4.79 Å². The van der Waals surface area contributed by atoms with E-state index in [4.69, 9.17) is 11.6 Å². The second-order valence-corrected chi connectivity index (χ2v) is 10.0. The van der Waals surface area contributed by atoms with Gasteiger partial charge in [-0.25, -0.2) is 0 Å². The Balaban J connectivity index is 1.79. The van der Waals surface area contributed by atoms with Crippen LogP contribution < -0.4 is 5.32 Å². The third-order valence-corrected chi connectivity index (χ3v) is 6.87. The van der Waals surface area contributed by atoms with Crippen molar-refractivity contribution in [2.24, 2.45) is 0 Å². The van der Waals surface area contributed by atoms with Crippen LogP contribution in [0.3, 0.4) is 0 Å². The molecule has 2 nitrogen and oxygen atoms in total. The molecule has 0 spiro atoms. The molecule has 0 fully saturated rings. The Kier molecular flexibility index (Phi) is 18.7. The normalized spacial score (nSPS) is 11.1. The summed E-state index contributed by atoms with van der Waals surface area (Å²) in [4.78, 5) is 12.0. The highest BCUT2D eigenvalue weighted by Gasteiger charge is 2.04. The van der Waals surface area contributed by atoms with E-state index >= 15 is 0 Å². The third-order valence-electron chi connectivity index (χ3n) is 6.46. The first-order chi connectivity index (χ1) is 15.6. The van der Waals surface area contributed by atoms with E-state index in [1.54, 1.807) is 0 Å². The quantitative estimate of drug-likeness (QED) is 0.180. The van der Waals surface area contributed by atoms with Gasteiger partial charge in [0.2, 0.25) is 5.91 Å². The molecule has 1 aromatic rings. The van der Waals surface area contributed by atoms with Crippen LogP contribution in [0, 0.1) is 6.92 Å². The van der Waals surface area contributed by atoms with Crippen LogP contribution in [-0.2, 0) is 4.79 Å². The van der Waals surface area contributed by atoms with Crippen molar-refractivity contribution in [1.82, 2.24) is 0 Å². The fourth-order valence-electron chi connectivity index (χ4n) is 4.26. The van der Waals surface area contributed by atoms with Gasteiger partial charge < -0.3 is 5.32 Å². The van der Waals surface area contributed by atoms with Gasteiger partial charge >= 0.3 is 0 Å². The largest absolute Gasteiger partial charge is 0.326 e. The molecule has 0 aliphatic heterocycles. The van der Waals surface area contributed by atoms with Crippen molar-refractivity contribution in [3.63, 3.8) is 0 Å². The van der Waals surface area contributed by atoms with Crippen molar-refractivity contribution >= 4 is 23.2 Å². The molecule has 0 aliphatic carbocycles. The third kappa shape index (κ3) is 16.6. The maximum absolute atomic E-state index is 12.0. The number of aryl methyl sites for hydroxylation is 1. The fraction of sp³-hybridized carbons (Fsp3) is 0.759. The number of hydrogen-bond acceptors (Lipinski definition) is 1. The Hall–Kier alpha value is -1.02. The molecule has 32 heavy (non-hydrogen) atoms. The Morgan fingerprint density at radius 2 is 1.09 bits per heavy atom. The minimum atomic E-state index is 0.0943. The predicted molar refractivity (Wildman–Crippen MR) is 143 cm³/mol. The van der Waals surface area contributed by atoms with Gasteiger partial charge in [0.05, 0.1) is 0 Å². The van der Waals surface area contributed by atoms with Crippen LogP contribution in [0.5, 0.6) is 0 Å². The molecular formula is C29H50ClNO. The Labute approximate surface area is 204 Å². The Bertz CT molecular complexity index is 587. The summed E-state index contributed by atoms with van der Waals surface area (Å²) in [5.74, 6) is 0.0943. The van der Waals surface area contributed by atoms with Crippen LogP contribution in [0.15, 0.2) is 18.2 Å². The molecule has 1 aromatic carbocycles. The number of carbonyl (C=O) groups excluding carboxylic acids is 1. The molecule has 0 unspecified atom stereocenters. The van der Waals surface area contributed by atoms with Gasteiger partial charge in [0.25, 0.3) is 0 Å². The van der Waals surface area contributed by atoms with Crippen LogP contribution in [0.25, 0.3) is 0 Å². The average Bonchev–Trinajstić information content (AvgIpc) is 2.78. The number of benzene rings is 1. The Morgan fingerprint density at radius 1 is 0.688 bits per heavy atom. The molecule has 0 saturated carbocycles. The smallest absolute Gasteiger partial charge is 0.224 e. The van der Waals surface area contributed by atoms with Gasteiger partial charge in [-0.1, -0.05) is 140 Å². The zero-order valence-corrected chi connectivity index (χ0v) is 21.9. The van der Waals surface area contributed by atoms with Crippen molar-refractivity contribution in [3.05, 3.63) is 28.8 Å². The topological polar surface area (TPSA) is 29.1 Å². The lowest BCUT2D eigenvalue weighted by atomic mass is 10.0. The first kappa shape index (κ1) is 29.0. The summed E-state index contributed by atoms with van der Waals surface area (Å²) < 4.78 is 0. The van der Waals surface area contributed by atoms with Crippen LogP contribution in [0.2, 0.25) is 5.02 Å². The van der Waals surface area contributed by atoms with Crippen LogP contribution in [0.4, 0.5) is 5.69 Å². The number of rotatable bonds is 21. The Morgan fingerprint density at radius 3 is 1.50 bits per heavy atom. The van der Waals surface area contributed by atoms with Crippen molar-refractivity contribution in [1.29, 1.82) is 0 Å². The summed E-state index contributed by atoms with van der Waals surface area (Å²) in [5.41, 5.74) is 1.83. The average molecular weight is 464 g/mol. The molecule has 1 amide bonds. The van der Waals surface area contributed by atoms with Crippen molar-refractivity contribution in [2.75, 3.05) is 5.32 Å². The molecule has 0 radical (unpaired) electrons. The molecule has 0 aliphatic rings. The summed E-state index contributed by atoms with van der Waals surface area (Å²) in [6.45, 7) is 4.25. The summed E-state index contributed by atoms with van der Waals surface area (Å²) in [5, 5.41) is 3.65. The van der Waals surface area contributed by atoms with E-state index in [2.05, 4.69) is 12.2 Å². The maximum atomic E-state index is 12.0. The minimum absolute atomic E-state index is 0.0943. The van der Waals surface area contributed by atoms with Gasteiger partial charge in [-0.05, 0) is 31.0 Å². The standard InChI is InChI=1S/C29H50ClNO/c1-3-4-5-6-7-8-9-10-11-12-13-14-15-16-17-18-19-20-21-22-29(32)31-27-24-23-26(2)28(30)25-27/h23-25H,3-22H2,1-2H3,(H,31,32). The van der Waals surface area contributed by atoms with E-state index in [0.717, 1.165) is 24.1 Å². The van der Waals surface area contributed by atoms with Gasteiger partial charge in [0.15, 0.2) is 0 Å². The molecule has 1 N–H and O–H groups in total. The van der Waals surface area contributed by atoms with E-state index in [-0.39, 0.29) is 5.91 Å². The number of halogens is 1. The summed E-state index contributed by atoms with van der Waals surface area (Å²) >= 11 is 6.11. The molecule has 3 heteroatoms. The lowest BCUT2D eigenvalue weighted by molar-refractivity contribution is -0.116. The molecule has 0 bridgehead atoms. The van der Waals surface area contributed by atoms with E-state index in [9.17, 15) is 4.79 Å². The summed E-state index contributed by atoms with van der Waals surface area (Å²) in [7, 11) is 0. The molecule has 184 valence electrons. The molecule has 0 aromatic heterocycles. The molecule has 0 heterocycles. The zero-order valence-electron chi connectivity index (χ0n) is 21.2. The lowest BCUT2D eigenvalue weighted by Gasteiger charge is -2.07. The number of nitrogens with one attached hydrogen (secondary N) is 1. The minimum Gasteiger partial charge on any atom is -0.326 e.